The van der Waals surface area contributed by atoms with E-state index in [-0.39, 0.29) is 18.7 Å². The molecule has 0 atom stereocenters. The Bertz CT molecular complexity index is 1320. The lowest BCUT2D eigenvalue weighted by atomic mass is 9.84. The molecule has 0 saturated carbocycles. The van der Waals surface area contributed by atoms with Crippen molar-refractivity contribution >= 4 is 33.5 Å². The number of guanidine groups is 1. The van der Waals surface area contributed by atoms with Gasteiger partial charge < -0.3 is 9.64 Å². The lowest BCUT2D eigenvalue weighted by Crippen LogP contribution is -2.51. The molecule has 0 amide bonds. The minimum atomic E-state index is -3.67. The van der Waals surface area contributed by atoms with Crippen LogP contribution in [-0.2, 0) is 33.7 Å². The van der Waals surface area contributed by atoms with E-state index < -0.39 is 10.2 Å². The number of ether oxygens (including phenoxy) is 1. The first-order valence-corrected chi connectivity index (χ1v) is 13.8. The van der Waals surface area contributed by atoms with Gasteiger partial charge in [0.15, 0.2) is 0 Å². The normalized spacial score (nSPS) is 20.6. The number of halogens is 1. The highest BCUT2D eigenvalue weighted by Crippen LogP contribution is 2.44. The van der Waals surface area contributed by atoms with Gasteiger partial charge in [-0.2, -0.15) is 17.0 Å². The van der Waals surface area contributed by atoms with Crippen LogP contribution in [0.1, 0.15) is 29.5 Å². The van der Waals surface area contributed by atoms with Crippen LogP contribution in [0.15, 0.2) is 59.7 Å². The van der Waals surface area contributed by atoms with Crippen molar-refractivity contribution in [3.05, 3.63) is 76.5 Å². The molecule has 2 aromatic carbocycles. The summed E-state index contributed by atoms with van der Waals surface area (Å²) in [6, 6.07) is 14.0. The minimum Gasteiger partial charge on any atom is -0.365 e. The molecule has 3 aliphatic rings. The van der Waals surface area contributed by atoms with Crippen LogP contribution in [-0.4, -0.2) is 68.7 Å². The number of fused-ring (bicyclic) bond motifs is 3. The van der Waals surface area contributed by atoms with E-state index >= 15 is 0 Å². The maximum Gasteiger partial charge on any atom is 0.282 e. The van der Waals surface area contributed by atoms with Gasteiger partial charge in [-0.3, -0.25) is 9.89 Å². The summed E-state index contributed by atoms with van der Waals surface area (Å²) < 4.78 is 35.1. The summed E-state index contributed by atoms with van der Waals surface area (Å²) >= 11 is 6.34. The minimum absolute atomic E-state index is 0.139. The highest BCUT2D eigenvalue weighted by atomic mass is 35.5. The van der Waals surface area contributed by atoms with E-state index in [1.165, 1.54) is 33.8 Å². The SMILES string of the molecule is C=C1CN(S(=O)(=O)N(C)C)Cc2cc(Cl)ccc2N1C(=NC)N1CCC2(CC1)OCc1ccccc12. The van der Waals surface area contributed by atoms with Gasteiger partial charge in [0.2, 0.25) is 5.96 Å². The Labute approximate surface area is 218 Å². The van der Waals surface area contributed by atoms with Crippen LogP contribution in [0.3, 0.4) is 0 Å². The van der Waals surface area contributed by atoms with E-state index in [1.54, 1.807) is 7.05 Å². The average molecular weight is 530 g/mol. The molecule has 0 unspecified atom stereocenters. The Morgan fingerprint density at radius 2 is 1.83 bits per heavy atom. The fourth-order valence-electron chi connectivity index (χ4n) is 5.48. The molecule has 1 saturated heterocycles. The van der Waals surface area contributed by atoms with Gasteiger partial charge in [0.25, 0.3) is 10.2 Å². The lowest BCUT2D eigenvalue weighted by Gasteiger charge is -2.43. The van der Waals surface area contributed by atoms with Crippen LogP contribution >= 0.6 is 11.6 Å². The molecule has 1 fully saturated rings. The third kappa shape index (κ3) is 4.22. The van der Waals surface area contributed by atoms with Crippen molar-refractivity contribution in [3.63, 3.8) is 0 Å². The molecule has 1 spiro atoms. The fraction of sp³-hybridized carbons (Fsp3) is 0.423. The zero-order valence-electron chi connectivity index (χ0n) is 20.9. The molecule has 0 aromatic heterocycles. The number of nitrogens with zero attached hydrogens (tertiary/aromatic N) is 5. The highest BCUT2D eigenvalue weighted by Gasteiger charge is 2.44. The van der Waals surface area contributed by atoms with Gasteiger partial charge >= 0.3 is 0 Å². The van der Waals surface area contributed by atoms with Gasteiger partial charge in [-0.15, -0.1) is 0 Å². The van der Waals surface area contributed by atoms with E-state index in [1.807, 2.05) is 23.1 Å². The Hall–Kier alpha value is -2.43. The van der Waals surface area contributed by atoms with Gasteiger partial charge in [-0.25, -0.2) is 0 Å². The van der Waals surface area contributed by atoms with Crippen LogP contribution in [0.2, 0.25) is 5.02 Å². The van der Waals surface area contributed by atoms with Crippen LogP contribution in [0.5, 0.6) is 0 Å². The maximum atomic E-state index is 13.1. The van der Waals surface area contributed by atoms with E-state index in [0.717, 1.165) is 43.1 Å². The number of hydrogen-bond donors (Lipinski definition) is 0. The summed E-state index contributed by atoms with van der Waals surface area (Å²) in [4.78, 5) is 8.92. The van der Waals surface area contributed by atoms with Crippen molar-refractivity contribution in [2.24, 2.45) is 4.99 Å². The van der Waals surface area contributed by atoms with Crippen LogP contribution in [0.4, 0.5) is 5.69 Å². The van der Waals surface area contributed by atoms with Crippen molar-refractivity contribution in [2.75, 3.05) is 45.7 Å². The largest absolute Gasteiger partial charge is 0.365 e. The summed E-state index contributed by atoms with van der Waals surface area (Å²) in [6.07, 6.45) is 1.69. The van der Waals surface area contributed by atoms with E-state index in [0.29, 0.717) is 17.3 Å². The Kier molecular flexibility index (Phi) is 6.63. The summed E-state index contributed by atoms with van der Waals surface area (Å²) in [7, 11) is 1.16. The number of anilines is 1. The zero-order chi connectivity index (χ0) is 25.7. The van der Waals surface area contributed by atoms with Crippen molar-refractivity contribution in [1.82, 2.24) is 13.5 Å². The Morgan fingerprint density at radius 1 is 1.11 bits per heavy atom. The van der Waals surface area contributed by atoms with E-state index in [2.05, 4.69) is 40.7 Å². The Balaban J connectivity index is 1.46. The van der Waals surface area contributed by atoms with Crippen LogP contribution in [0.25, 0.3) is 0 Å². The second kappa shape index (κ2) is 9.46. The Morgan fingerprint density at radius 3 is 2.53 bits per heavy atom. The van der Waals surface area contributed by atoms with E-state index in [9.17, 15) is 8.42 Å². The zero-order valence-corrected chi connectivity index (χ0v) is 22.5. The third-order valence-corrected chi connectivity index (χ3v) is 9.43. The predicted molar refractivity (Wildman–Crippen MR) is 143 cm³/mol. The molecule has 0 radical (unpaired) electrons. The van der Waals surface area contributed by atoms with Crippen molar-refractivity contribution in [2.45, 2.75) is 31.6 Å². The molecule has 0 bridgehead atoms. The highest BCUT2D eigenvalue weighted by molar-refractivity contribution is 7.86. The molecule has 192 valence electrons. The molecule has 0 N–H and O–H groups in total. The standard InChI is InChI=1S/C26H32ClN5O3S/c1-19-16-31(36(33,34)29(3)4)17-21-15-22(27)9-10-24(21)32(19)25(28-2)30-13-11-26(12-14-30)23-8-6-5-7-20(23)18-35-26/h5-10,15H,1,11-14,16-18H2,2-4H3. The number of rotatable bonds is 2. The smallest absolute Gasteiger partial charge is 0.282 e. The monoisotopic (exact) mass is 529 g/mol. The summed E-state index contributed by atoms with van der Waals surface area (Å²) in [5.74, 6) is 0.744. The van der Waals surface area contributed by atoms with Crippen LogP contribution < -0.4 is 4.90 Å². The second-order valence-corrected chi connectivity index (χ2v) is 12.3. The van der Waals surface area contributed by atoms with Crippen molar-refractivity contribution in [3.8, 4) is 0 Å². The molecule has 8 nitrogen and oxygen atoms in total. The molecule has 2 aromatic rings. The molecule has 3 heterocycles. The molecular formula is C26H32ClN5O3S. The number of benzene rings is 2. The number of piperidine rings is 1. The summed E-state index contributed by atoms with van der Waals surface area (Å²) in [5, 5.41) is 0.551. The molecule has 36 heavy (non-hydrogen) atoms. The van der Waals surface area contributed by atoms with Gasteiger partial charge in [0.1, 0.15) is 0 Å². The van der Waals surface area contributed by atoms with E-state index in [4.69, 9.17) is 16.3 Å². The van der Waals surface area contributed by atoms with Gasteiger partial charge in [-0.1, -0.05) is 42.4 Å². The lowest BCUT2D eigenvalue weighted by molar-refractivity contribution is -0.0706. The number of likely N-dealkylation sites (tertiary alicyclic amines) is 1. The first-order chi connectivity index (χ1) is 17.2. The first-order valence-electron chi connectivity index (χ1n) is 12.0. The quantitative estimate of drug-likeness (QED) is 0.437. The molecule has 10 heteroatoms. The fourth-order valence-corrected chi connectivity index (χ4v) is 6.75. The molecule has 5 rings (SSSR count). The molecular weight excluding hydrogens is 498 g/mol. The van der Waals surface area contributed by atoms with Gasteiger partial charge in [0.05, 0.1) is 24.4 Å². The van der Waals surface area contributed by atoms with Crippen LogP contribution in [0, 0.1) is 0 Å². The first kappa shape index (κ1) is 25.2. The predicted octanol–water partition coefficient (Wildman–Crippen LogP) is 3.79. The number of aliphatic imine (C=N–C) groups is 1. The molecule has 3 aliphatic heterocycles. The average Bonchev–Trinajstić information content (AvgIpc) is 3.13. The summed E-state index contributed by atoms with van der Waals surface area (Å²) in [6.45, 7) is 6.80. The topological polar surface area (TPSA) is 68.7 Å². The van der Waals surface area contributed by atoms with Crippen molar-refractivity contribution in [1.29, 1.82) is 0 Å². The molecule has 0 aliphatic carbocycles. The van der Waals surface area contributed by atoms with Gasteiger partial charge in [0, 0.05) is 51.5 Å². The number of hydrogen-bond acceptors (Lipinski definition) is 4. The van der Waals surface area contributed by atoms with Crippen molar-refractivity contribution < 1.29 is 13.2 Å². The summed E-state index contributed by atoms with van der Waals surface area (Å²) in [5.41, 5.74) is 4.57. The second-order valence-electron chi connectivity index (χ2n) is 9.68. The van der Waals surface area contributed by atoms with Gasteiger partial charge in [-0.05, 0) is 47.7 Å². The maximum absolute atomic E-state index is 13.1. The third-order valence-electron chi connectivity index (χ3n) is 7.36.